The summed E-state index contributed by atoms with van der Waals surface area (Å²) in [6.45, 7) is 9.57. The summed E-state index contributed by atoms with van der Waals surface area (Å²) in [4.78, 5) is 28.8. The summed E-state index contributed by atoms with van der Waals surface area (Å²) in [7, 11) is 0. The molecule has 0 N–H and O–H groups in total. The average molecular weight is 344 g/mol. The minimum absolute atomic E-state index is 0.133. The fraction of sp³-hybridized carbons (Fsp3) is 0.619. The Morgan fingerprint density at radius 1 is 0.920 bits per heavy atom. The molecule has 2 amide bonds. The van der Waals surface area contributed by atoms with Crippen LogP contribution in [0.3, 0.4) is 0 Å². The number of hydrogen-bond acceptors (Lipinski definition) is 3. The van der Waals surface area contributed by atoms with E-state index in [4.69, 9.17) is 0 Å². The smallest absolute Gasteiger partial charge is 0.261 e. The van der Waals surface area contributed by atoms with Gasteiger partial charge in [0, 0.05) is 12.6 Å². The Labute approximate surface area is 152 Å². The Hall–Kier alpha value is -1.68. The van der Waals surface area contributed by atoms with E-state index >= 15 is 0 Å². The second kappa shape index (κ2) is 9.71. The lowest BCUT2D eigenvalue weighted by Crippen LogP contribution is -2.36. The lowest BCUT2D eigenvalue weighted by molar-refractivity contribution is 0.0650. The van der Waals surface area contributed by atoms with Crippen LogP contribution in [0.4, 0.5) is 0 Å². The maximum atomic E-state index is 12.4. The minimum Gasteiger partial charge on any atom is -0.300 e. The minimum atomic E-state index is -0.133. The van der Waals surface area contributed by atoms with E-state index in [1.165, 1.54) is 17.7 Å². The van der Waals surface area contributed by atoms with Gasteiger partial charge >= 0.3 is 0 Å². The van der Waals surface area contributed by atoms with Gasteiger partial charge in [-0.15, -0.1) is 0 Å². The SMILES string of the molecule is CCCN(CCC)C(CC)CCCCN1C(=O)c2ccccc2C1=O. The Morgan fingerprint density at radius 2 is 1.48 bits per heavy atom. The zero-order chi connectivity index (χ0) is 18.2. The molecule has 25 heavy (non-hydrogen) atoms. The van der Waals surface area contributed by atoms with Crippen molar-refractivity contribution in [1.29, 1.82) is 0 Å². The van der Waals surface area contributed by atoms with Crippen LogP contribution in [0.1, 0.15) is 80.0 Å². The third-order valence-corrected chi connectivity index (χ3v) is 5.06. The van der Waals surface area contributed by atoms with Crippen LogP contribution in [0.15, 0.2) is 24.3 Å². The number of unbranched alkanes of at least 4 members (excludes halogenated alkanes) is 1. The zero-order valence-electron chi connectivity index (χ0n) is 16.0. The maximum Gasteiger partial charge on any atom is 0.261 e. The van der Waals surface area contributed by atoms with E-state index in [-0.39, 0.29) is 11.8 Å². The number of rotatable bonds is 11. The fourth-order valence-electron chi connectivity index (χ4n) is 3.79. The normalized spacial score (nSPS) is 15.1. The highest BCUT2D eigenvalue weighted by Crippen LogP contribution is 2.23. The van der Waals surface area contributed by atoms with Gasteiger partial charge in [0.2, 0.25) is 0 Å². The summed E-state index contributed by atoms with van der Waals surface area (Å²) in [6.07, 6.45) is 6.60. The summed E-state index contributed by atoms with van der Waals surface area (Å²) >= 11 is 0. The number of carbonyl (C=O) groups excluding carboxylic acids is 2. The van der Waals surface area contributed by atoms with Crippen molar-refractivity contribution in [1.82, 2.24) is 9.80 Å². The summed E-state index contributed by atoms with van der Waals surface area (Å²) in [5.41, 5.74) is 1.10. The van der Waals surface area contributed by atoms with Gasteiger partial charge in [-0.25, -0.2) is 0 Å². The summed E-state index contributed by atoms with van der Waals surface area (Å²) < 4.78 is 0. The molecule has 2 rings (SSSR count). The van der Waals surface area contributed by atoms with E-state index in [2.05, 4.69) is 25.7 Å². The Kier molecular flexibility index (Phi) is 7.63. The lowest BCUT2D eigenvalue weighted by Gasteiger charge is -2.30. The van der Waals surface area contributed by atoms with Crippen molar-refractivity contribution < 1.29 is 9.59 Å². The molecule has 0 bridgehead atoms. The van der Waals surface area contributed by atoms with Gasteiger partial charge in [0.15, 0.2) is 0 Å². The molecule has 0 aromatic heterocycles. The highest BCUT2D eigenvalue weighted by atomic mass is 16.2. The van der Waals surface area contributed by atoms with Gasteiger partial charge in [0.1, 0.15) is 0 Å². The number of benzene rings is 1. The van der Waals surface area contributed by atoms with Gasteiger partial charge in [-0.1, -0.05) is 39.3 Å². The predicted molar refractivity (Wildman–Crippen MR) is 102 cm³/mol. The van der Waals surface area contributed by atoms with E-state index in [0.29, 0.717) is 23.7 Å². The number of fused-ring (bicyclic) bond motifs is 1. The van der Waals surface area contributed by atoms with Crippen molar-refractivity contribution in [2.45, 2.75) is 65.3 Å². The van der Waals surface area contributed by atoms with Crippen LogP contribution in [-0.4, -0.2) is 47.3 Å². The first-order chi connectivity index (χ1) is 12.1. The molecule has 1 heterocycles. The van der Waals surface area contributed by atoms with Crippen LogP contribution in [0.2, 0.25) is 0 Å². The third-order valence-electron chi connectivity index (χ3n) is 5.06. The molecule has 1 unspecified atom stereocenters. The number of hydrogen-bond donors (Lipinski definition) is 0. The van der Waals surface area contributed by atoms with Crippen molar-refractivity contribution in [3.05, 3.63) is 35.4 Å². The van der Waals surface area contributed by atoms with Gasteiger partial charge in [-0.2, -0.15) is 0 Å². The first-order valence-corrected chi connectivity index (χ1v) is 9.83. The van der Waals surface area contributed by atoms with Crippen LogP contribution >= 0.6 is 0 Å². The first kappa shape index (κ1) is 19.6. The molecular weight excluding hydrogens is 312 g/mol. The molecule has 0 radical (unpaired) electrons. The van der Waals surface area contributed by atoms with Crippen molar-refractivity contribution >= 4 is 11.8 Å². The quantitative estimate of drug-likeness (QED) is 0.442. The first-order valence-electron chi connectivity index (χ1n) is 9.83. The molecule has 0 saturated carbocycles. The average Bonchev–Trinajstić information content (AvgIpc) is 2.87. The van der Waals surface area contributed by atoms with Crippen molar-refractivity contribution in [2.75, 3.05) is 19.6 Å². The third kappa shape index (κ3) is 4.69. The van der Waals surface area contributed by atoms with Crippen LogP contribution in [0.5, 0.6) is 0 Å². The molecule has 4 heteroatoms. The molecule has 0 saturated heterocycles. The number of carbonyl (C=O) groups is 2. The van der Waals surface area contributed by atoms with Gasteiger partial charge in [0.05, 0.1) is 11.1 Å². The highest BCUT2D eigenvalue weighted by Gasteiger charge is 2.34. The molecule has 1 aliphatic rings. The second-order valence-electron chi connectivity index (χ2n) is 6.90. The van der Waals surface area contributed by atoms with E-state index in [0.717, 1.165) is 38.8 Å². The number of amides is 2. The molecule has 0 aliphatic carbocycles. The van der Waals surface area contributed by atoms with Crippen LogP contribution in [-0.2, 0) is 0 Å². The van der Waals surface area contributed by atoms with E-state index in [9.17, 15) is 9.59 Å². The highest BCUT2D eigenvalue weighted by molar-refractivity contribution is 6.21. The van der Waals surface area contributed by atoms with Crippen LogP contribution in [0.25, 0.3) is 0 Å². The van der Waals surface area contributed by atoms with Gasteiger partial charge < -0.3 is 4.90 Å². The largest absolute Gasteiger partial charge is 0.300 e. The molecule has 1 atom stereocenters. The van der Waals surface area contributed by atoms with Crippen molar-refractivity contribution in [2.24, 2.45) is 0 Å². The van der Waals surface area contributed by atoms with Crippen LogP contribution in [0, 0.1) is 0 Å². The molecular formula is C21H32N2O2. The molecule has 138 valence electrons. The molecule has 0 spiro atoms. The molecule has 0 fully saturated rings. The van der Waals surface area contributed by atoms with Crippen molar-refractivity contribution in [3.63, 3.8) is 0 Å². The van der Waals surface area contributed by atoms with Gasteiger partial charge in [0.25, 0.3) is 11.8 Å². The molecule has 4 nitrogen and oxygen atoms in total. The van der Waals surface area contributed by atoms with Crippen molar-refractivity contribution in [3.8, 4) is 0 Å². The standard InChI is InChI=1S/C21H32N2O2/c1-4-14-22(15-5-2)17(6-3)11-9-10-16-23-20(24)18-12-7-8-13-19(18)21(23)25/h7-8,12-13,17H,4-6,9-11,14-16H2,1-3H3. The van der Waals surface area contributed by atoms with E-state index in [1.807, 2.05) is 12.1 Å². The lowest BCUT2D eigenvalue weighted by atomic mass is 10.0. The molecule has 1 aromatic carbocycles. The van der Waals surface area contributed by atoms with E-state index in [1.54, 1.807) is 12.1 Å². The molecule has 1 aromatic rings. The summed E-state index contributed by atoms with van der Waals surface area (Å²) in [6, 6.07) is 7.73. The zero-order valence-corrected chi connectivity index (χ0v) is 16.0. The summed E-state index contributed by atoms with van der Waals surface area (Å²) in [5.74, 6) is -0.266. The topological polar surface area (TPSA) is 40.6 Å². The Balaban J connectivity index is 1.83. The van der Waals surface area contributed by atoms with E-state index < -0.39 is 0 Å². The monoisotopic (exact) mass is 344 g/mol. The number of imide groups is 1. The number of nitrogens with zero attached hydrogens (tertiary/aromatic N) is 2. The molecule has 1 aliphatic heterocycles. The second-order valence-corrected chi connectivity index (χ2v) is 6.90. The summed E-state index contributed by atoms with van der Waals surface area (Å²) in [5, 5.41) is 0. The van der Waals surface area contributed by atoms with Gasteiger partial charge in [-0.3, -0.25) is 14.5 Å². The van der Waals surface area contributed by atoms with Gasteiger partial charge in [-0.05, 0) is 57.3 Å². The Morgan fingerprint density at radius 3 is 1.96 bits per heavy atom. The fourth-order valence-corrected chi connectivity index (χ4v) is 3.79. The van der Waals surface area contributed by atoms with Crippen LogP contribution < -0.4 is 0 Å². The maximum absolute atomic E-state index is 12.4. The predicted octanol–water partition coefficient (Wildman–Crippen LogP) is 4.35. The Bertz CT molecular complexity index is 544.